The molecule has 2 heterocycles. The van der Waals surface area contributed by atoms with Crippen molar-refractivity contribution in [2.45, 2.75) is 38.8 Å². The van der Waals surface area contributed by atoms with Crippen LogP contribution in [0.4, 0.5) is 5.88 Å². The van der Waals surface area contributed by atoms with Crippen LogP contribution in [-0.4, -0.2) is 62.5 Å². The van der Waals surface area contributed by atoms with Crippen LogP contribution in [-0.2, 0) is 20.8 Å². The highest BCUT2D eigenvalue weighted by Gasteiger charge is 2.29. The maximum Gasteiger partial charge on any atom is 0.248 e. The Morgan fingerprint density at radius 2 is 2.03 bits per heavy atom. The Hall–Kier alpha value is -2.38. The van der Waals surface area contributed by atoms with Crippen molar-refractivity contribution >= 4 is 11.8 Å². The molecule has 1 fully saturated rings. The average molecular weight is 402 g/mol. The van der Waals surface area contributed by atoms with Crippen molar-refractivity contribution in [2.24, 2.45) is 0 Å². The molecule has 158 valence electrons. The van der Waals surface area contributed by atoms with E-state index >= 15 is 0 Å². The Morgan fingerprint density at radius 1 is 1.24 bits per heavy atom. The highest BCUT2D eigenvalue weighted by Crippen LogP contribution is 2.35. The summed E-state index contributed by atoms with van der Waals surface area (Å²) in [5, 5.41) is 4.42. The second-order valence-electron chi connectivity index (χ2n) is 7.46. The molecule has 7 heteroatoms. The third kappa shape index (κ3) is 5.16. The quantitative estimate of drug-likeness (QED) is 0.642. The van der Waals surface area contributed by atoms with Gasteiger partial charge in [-0.3, -0.25) is 4.79 Å². The van der Waals surface area contributed by atoms with Crippen LogP contribution < -0.4 is 4.90 Å². The summed E-state index contributed by atoms with van der Waals surface area (Å²) in [5.74, 6) is 0.686. The number of benzene rings is 1. The number of rotatable bonds is 9. The highest BCUT2D eigenvalue weighted by molar-refractivity contribution is 5.78. The molecule has 29 heavy (non-hydrogen) atoms. The normalized spacial score (nSPS) is 16.8. The van der Waals surface area contributed by atoms with E-state index in [1.54, 1.807) is 12.0 Å². The maximum absolute atomic E-state index is 12.7. The first-order chi connectivity index (χ1) is 14.2. The number of anilines is 1. The van der Waals surface area contributed by atoms with E-state index in [-0.39, 0.29) is 12.5 Å². The summed E-state index contributed by atoms with van der Waals surface area (Å²) >= 11 is 0. The number of nitrogens with zero attached hydrogens (tertiary/aromatic N) is 3. The minimum absolute atomic E-state index is 0.0329. The van der Waals surface area contributed by atoms with Crippen molar-refractivity contribution in [1.82, 2.24) is 10.1 Å². The SMILES string of the molecule is COCCN(Cc1c(-c2ccccc2)noc1N1CCCC[C@H]1C)C(=O)COC. The van der Waals surface area contributed by atoms with Gasteiger partial charge in [0.2, 0.25) is 11.8 Å². The molecule has 0 aliphatic carbocycles. The molecule has 1 amide bonds. The first kappa shape index (κ1) is 21.3. The molecule has 1 atom stereocenters. The van der Waals surface area contributed by atoms with Crippen molar-refractivity contribution in [2.75, 3.05) is 45.4 Å². The fourth-order valence-corrected chi connectivity index (χ4v) is 3.79. The zero-order chi connectivity index (χ0) is 20.6. The number of hydrogen-bond donors (Lipinski definition) is 0. The van der Waals surface area contributed by atoms with Gasteiger partial charge in [-0.05, 0) is 26.2 Å². The molecule has 1 saturated heterocycles. The van der Waals surface area contributed by atoms with E-state index in [1.807, 2.05) is 30.3 Å². The molecule has 0 bridgehead atoms. The van der Waals surface area contributed by atoms with Crippen molar-refractivity contribution in [1.29, 1.82) is 0 Å². The monoisotopic (exact) mass is 401 g/mol. The predicted molar refractivity (Wildman–Crippen MR) is 112 cm³/mol. The summed E-state index contributed by atoms with van der Waals surface area (Å²) in [6.07, 6.45) is 3.47. The minimum Gasteiger partial charge on any atom is -0.383 e. The zero-order valence-electron chi connectivity index (χ0n) is 17.6. The van der Waals surface area contributed by atoms with Crippen molar-refractivity contribution in [3.63, 3.8) is 0 Å². The van der Waals surface area contributed by atoms with Crippen LogP contribution in [0.5, 0.6) is 0 Å². The third-order valence-electron chi connectivity index (χ3n) is 5.41. The molecule has 1 aromatic carbocycles. The Balaban J connectivity index is 1.98. The fraction of sp³-hybridized carbons (Fsp3) is 0.545. The second kappa shape index (κ2) is 10.4. The lowest BCUT2D eigenvalue weighted by Gasteiger charge is -2.34. The Kier molecular flexibility index (Phi) is 7.66. The smallest absolute Gasteiger partial charge is 0.248 e. The number of piperidine rings is 1. The summed E-state index contributed by atoms with van der Waals surface area (Å²) in [7, 11) is 3.16. The highest BCUT2D eigenvalue weighted by atomic mass is 16.5. The molecule has 2 aromatic rings. The molecule has 1 aromatic heterocycles. The standard InChI is InChI=1S/C22H31N3O4/c1-17-9-7-8-12-25(17)22-19(15-24(13-14-27-2)20(26)16-28-3)21(23-29-22)18-10-5-4-6-11-18/h4-6,10-11,17H,7-9,12-16H2,1-3H3/t17-/m1/s1. The van der Waals surface area contributed by atoms with Crippen LogP contribution >= 0.6 is 0 Å². The largest absolute Gasteiger partial charge is 0.383 e. The number of amides is 1. The van der Waals surface area contributed by atoms with E-state index in [1.165, 1.54) is 13.5 Å². The number of carbonyl (C=O) groups excluding carboxylic acids is 1. The van der Waals surface area contributed by atoms with E-state index < -0.39 is 0 Å². The molecular weight excluding hydrogens is 370 g/mol. The van der Waals surface area contributed by atoms with Crippen LogP contribution in [0, 0.1) is 0 Å². The van der Waals surface area contributed by atoms with E-state index in [0.29, 0.717) is 25.7 Å². The van der Waals surface area contributed by atoms with E-state index in [9.17, 15) is 4.79 Å². The Morgan fingerprint density at radius 3 is 2.72 bits per heavy atom. The Bertz CT molecular complexity index is 778. The van der Waals surface area contributed by atoms with E-state index in [2.05, 4.69) is 17.0 Å². The molecule has 1 aliphatic heterocycles. The Labute approximate surface area is 172 Å². The molecule has 0 saturated carbocycles. The first-order valence-corrected chi connectivity index (χ1v) is 10.2. The van der Waals surface area contributed by atoms with Crippen LogP contribution in [0.1, 0.15) is 31.7 Å². The van der Waals surface area contributed by atoms with Crippen LogP contribution in [0.2, 0.25) is 0 Å². The van der Waals surface area contributed by atoms with Gasteiger partial charge in [0.1, 0.15) is 12.3 Å². The molecule has 7 nitrogen and oxygen atoms in total. The van der Waals surface area contributed by atoms with Gasteiger partial charge in [-0.25, -0.2) is 0 Å². The van der Waals surface area contributed by atoms with Crippen molar-refractivity contribution in [3.8, 4) is 11.3 Å². The van der Waals surface area contributed by atoms with Crippen LogP contribution in [0.3, 0.4) is 0 Å². The molecule has 0 spiro atoms. The number of aromatic nitrogens is 1. The molecule has 0 radical (unpaired) electrons. The summed E-state index contributed by atoms with van der Waals surface area (Å²) in [6, 6.07) is 10.3. The molecule has 1 aliphatic rings. The molecule has 0 N–H and O–H groups in total. The van der Waals surface area contributed by atoms with Gasteiger partial charge in [-0.15, -0.1) is 0 Å². The zero-order valence-corrected chi connectivity index (χ0v) is 17.6. The topological polar surface area (TPSA) is 68.0 Å². The minimum atomic E-state index is -0.0811. The number of ether oxygens (including phenoxy) is 2. The summed E-state index contributed by atoms with van der Waals surface area (Å²) in [6.45, 7) is 4.51. The van der Waals surface area contributed by atoms with Gasteiger partial charge >= 0.3 is 0 Å². The van der Waals surface area contributed by atoms with Crippen LogP contribution in [0.25, 0.3) is 11.3 Å². The average Bonchev–Trinajstić information content (AvgIpc) is 3.15. The van der Waals surface area contributed by atoms with Crippen LogP contribution in [0.15, 0.2) is 34.9 Å². The summed E-state index contributed by atoms with van der Waals surface area (Å²) in [5.41, 5.74) is 2.70. The molecule has 0 unspecified atom stereocenters. The predicted octanol–water partition coefficient (Wildman–Crippen LogP) is 3.34. The summed E-state index contributed by atoms with van der Waals surface area (Å²) < 4.78 is 16.2. The van der Waals surface area contributed by atoms with Gasteiger partial charge in [-0.2, -0.15) is 0 Å². The van der Waals surface area contributed by atoms with Gasteiger partial charge < -0.3 is 23.8 Å². The number of methoxy groups -OCH3 is 2. The van der Waals surface area contributed by atoms with Gasteiger partial charge in [0, 0.05) is 38.9 Å². The first-order valence-electron chi connectivity index (χ1n) is 10.2. The second-order valence-corrected chi connectivity index (χ2v) is 7.46. The van der Waals surface area contributed by atoms with Gasteiger partial charge in [-0.1, -0.05) is 35.5 Å². The number of hydrogen-bond acceptors (Lipinski definition) is 6. The van der Waals surface area contributed by atoms with Gasteiger partial charge in [0.15, 0.2) is 0 Å². The maximum atomic E-state index is 12.7. The lowest BCUT2D eigenvalue weighted by atomic mass is 10.0. The number of carbonyl (C=O) groups is 1. The van der Waals surface area contributed by atoms with Crippen molar-refractivity contribution in [3.05, 3.63) is 35.9 Å². The van der Waals surface area contributed by atoms with Crippen molar-refractivity contribution < 1.29 is 18.8 Å². The third-order valence-corrected chi connectivity index (χ3v) is 5.41. The summed E-state index contributed by atoms with van der Waals surface area (Å²) in [4.78, 5) is 16.7. The van der Waals surface area contributed by atoms with Gasteiger partial charge in [0.05, 0.1) is 18.7 Å². The fourth-order valence-electron chi connectivity index (χ4n) is 3.79. The lowest BCUT2D eigenvalue weighted by Crippen LogP contribution is -2.39. The van der Waals surface area contributed by atoms with Gasteiger partial charge in [0.25, 0.3) is 0 Å². The molecular formula is C22H31N3O4. The van der Waals surface area contributed by atoms with E-state index in [4.69, 9.17) is 14.0 Å². The van der Waals surface area contributed by atoms with E-state index in [0.717, 1.165) is 42.1 Å². The molecule has 3 rings (SSSR count). The lowest BCUT2D eigenvalue weighted by molar-refractivity contribution is -0.136.